The van der Waals surface area contributed by atoms with Gasteiger partial charge in [-0.1, -0.05) is 44.2 Å². The van der Waals surface area contributed by atoms with E-state index in [9.17, 15) is 9.59 Å². The number of carboxylic acids is 1. The number of hydrogen-bond donors (Lipinski definition) is 2. The lowest BCUT2D eigenvalue weighted by atomic mass is 9.96. The van der Waals surface area contributed by atoms with Crippen molar-refractivity contribution < 1.29 is 19.4 Å². The normalized spacial score (nSPS) is 11.9. The molecule has 0 radical (unpaired) electrons. The summed E-state index contributed by atoms with van der Waals surface area (Å²) in [7, 11) is 0. The summed E-state index contributed by atoms with van der Waals surface area (Å²) in [6, 6.07) is 9.29. The predicted octanol–water partition coefficient (Wildman–Crippen LogP) is 2.27. The van der Waals surface area contributed by atoms with Crippen molar-refractivity contribution in [2.24, 2.45) is 11.8 Å². The lowest BCUT2D eigenvalue weighted by Gasteiger charge is -2.16. The first-order chi connectivity index (χ1) is 9.00. The van der Waals surface area contributed by atoms with Crippen LogP contribution >= 0.6 is 0 Å². The highest BCUT2D eigenvalue weighted by Gasteiger charge is 2.22. The molecular weight excluding hydrogens is 246 g/mol. The van der Waals surface area contributed by atoms with Gasteiger partial charge in [0.15, 0.2) is 0 Å². The van der Waals surface area contributed by atoms with Crippen LogP contribution in [-0.2, 0) is 16.1 Å². The zero-order valence-electron chi connectivity index (χ0n) is 11.1. The Bertz CT molecular complexity index is 417. The third kappa shape index (κ3) is 5.42. The van der Waals surface area contributed by atoms with Crippen LogP contribution in [-0.4, -0.2) is 23.7 Å². The number of carbonyl (C=O) groups excluding carboxylic acids is 1. The van der Waals surface area contributed by atoms with E-state index in [1.54, 1.807) is 13.8 Å². The van der Waals surface area contributed by atoms with E-state index in [0.29, 0.717) is 0 Å². The van der Waals surface area contributed by atoms with Crippen molar-refractivity contribution in [2.75, 3.05) is 6.54 Å². The first kappa shape index (κ1) is 15.0. The molecule has 0 spiro atoms. The van der Waals surface area contributed by atoms with Gasteiger partial charge in [0.05, 0.1) is 5.92 Å². The quantitative estimate of drug-likeness (QED) is 0.827. The van der Waals surface area contributed by atoms with Gasteiger partial charge >= 0.3 is 12.1 Å². The van der Waals surface area contributed by atoms with Crippen LogP contribution in [0.4, 0.5) is 4.79 Å². The summed E-state index contributed by atoms with van der Waals surface area (Å²) in [6.07, 6.45) is -0.601. The van der Waals surface area contributed by atoms with E-state index in [4.69, 9.17) is 9.84 Å². The van der Waals surface area contributed by atoms with Gasteiger partial charge in [0.2, 0.25) is 0 Å². The molecule has 0 heterocycles. The number of aliphatic carboxylic acids is 1. The largest absolute Gasteiger partial charge is 0.481 e. The molecule has 5 nitrogen and oxygen atoms in total. The molecule has 0 aliphatic carbocycles. The van der Waals surface area contributed by atoms with E-state index in [1.807, 2.05) is 30.3 Å². The van der Waals surface area contributed by atoms with E-state index in [1.165, 1.54) is 0 Å². The molecule has 0 aliphatic heterocycles. The van der Waals surface area contributed by atoms with Crippen molar-refractivity contribution in [3.8, 4) is 0 Å². The second kappa shape index (κ2) is 7.41. The van der Waals surface area contributed by atoms with Gasteiger partial charge in [-0.15, -0.1) is 0 Å². The van der Waals surface area contributed by atoms with Gasteiger partial charge in [0, 0.05) is 6.54 Å². The van der Waals surface area contributed by atoms with Gasteiger partial charge in [-0.25, -0.2) is 4.79 Å². The van der Waals surface area contributed by atoms with Gasteiger partial charge in [-0.05, 0) is 11.5 Å². The minimum absolute atomic E-state index is 0.0491. The van der Waals surface area contributed by atoms with Crippen LogP contribution in [0.15, 0.2) is 30.3 Å². The Morgan fingerprint density at radius 3 is 2.42 bits per heavy atom. The molecule has 0 saturated carbocycles. The van der Waals surface area contributed by atoms with Crippen LogP contribution in [0.3, 0.4) is 0 Å². The van der Waals surface area contributed by atoms with E-state index < -0.39 is 18.0 Å². The van der Waals surface area contributed by atoms with Crippen molar-refractivity contribution in [1.82, 2.24) is 5.32 Å². The molecule has 0 fully saturated rings. The molecule has 1 rings (SSSR count). The minimum Gasteiger partial charge on any atom is -0.481 e. The maximum atomic E-state index is 11.4. The van der Waals surface area contributed by atoms with Gasteiger partial charge < -0.3 is 15.2 Å². The molecule has 19 heavy (non-hydrogen) atoms. The van der Waals surface area contributed by atoms with Gasteiger partial charge in [-0.3, -0.25) is 4.79 Å². The van der Waals surface area contributed by atoms with Crippen LogP contribution in [0.2, 0.25) is 0 Å². The number of rotatable bonds is 6. The molecule has 1 aromatic rings. The van der Waals surface area contributed by atoms with Crippen LogP contribution in [0.5, 0.6) is 0 Å². The van der Waals surface area contributed by atoms with E-state index >= 15 is 0 Å². The monoisotopic (exact) mass is 265 g/mol. The van der Waals surface area contributed by atoms with E-state index in [2.05, 4.69) is 5.32 Å². The maximum absolute atomic E-state index is 11.4. The molecule has 5 heteroatoms. The average Bonchev–Trinajstić information content (AvgIpc) is 2.37. The molecule has 1 amide bonds. The van der Waals surface area contributed by atoms with Crippen LogP contribution in [0.25, 0.3) is 0 Å². The molecule has 1 aromatic carbocycles. The fourth-order valence-corrected chi connectivity index (χ4v) is 1.58. The smallest absolute Gasteiger partial charge is 0.407 e. The number of benzene rings is 1. The van der Waals surface area contributed by atoms with E-state index in [-0.39, 0.29) is 19.1 Å². The number of nitrogens with one attached hydrogen (secondary N) is 1. The molecule has 0 bridgehead atoms. The van der Waals surface area contributed by atoms with Gasteiger partial charge in [0.1, 0.15) is 6.61 Å². The van der Waals surface area contributed by atoms with Crippen molar-refractivity contribution >= 4 is 12.1 Å². The molecular formula is C14H19NO4. The molecule has 0 unspecified atom stereocenters. The maximum Gasteiger partial charge on any atom is 0.407 e. The number of alkyl carbamates (subject to hydrolysis) is 1. The summed E-state index contributed by atoms with van der Waals surface area (Å²) in [6.45, 7) is 3.85. The van der Waals surface area contributed by atoms with Crippen LogP contribution in [0, 0.1) is 11.8 Å². The topological polar surface area (TPSA) is 75.6 Å². The summed E-state index contributed by atoms with van der Waals surface area (Å²) < 4.78 is 4.99. The van der Waals surface area contributed by atoms with Crippen molar-refractivity contribution in [3.05, 3.63) is 35.9 Å². The highest BCUT2D eigenvalue weighted by atomic mass is 16.5. The highest BCUT2D eigenvalue weighted by Crippen LogP contribution is 2.09. The fourth-order valence-electron chi connectivity index (χ4n) is 1.58. The SMILES string of the molecule is CC(C)[C@H](CNC(=O)OCc1ccccc1)C(=O)O. The van der Waals surface area contributed by atoms with Crippen molar-refractivity contribution in [2.45, 2.75) is 20.5 Å². The standard InChI is InChI=1S/C14H19NO4/c1-10(2)12(13(16)17)8-15-14(18)19-9-11-6-4-3-5-7-11/h3-7,10,12H,8-9H2,1-2H3,(H,15,18)(H,16,17)/t12-/m0/s1. The Kier molecular flexibility index (Phi) is 5.85. The average molecular weight is 265 g/mol. The zero-order valence-corrected chi connectivity index (χ0v) is 11.1. The van der Waals surface area contributed by atoms with Crippen molar-refractivity contribution in [1.29, 1.82) is 0 Å². The number of ether oxygens (including phenoxy) is 1. The lowest BCUT2D eigenvalue weighted by Crippen LogP contribution is -2.35. The zero-order chi connectivity index (χ0) is 14.3. The Balaban J connectivity index is 2.33. The first-order valence-electron chi connectivity index (χ1n) is 6.18. The molecule has 0 saturated heterocycles. The third-order valence-electron chi connectivity index (χ3n) is 2.80. The number of amides is 1. The molecule has 1 atom stereocenters. The predicted molar refractivity (Wildman–Crippen MR) is 70.6 cm³/mol. The van der Waals surface area contributed by atoms with Gasteiger partial charge in [0.25, 0.3) is 0 Å². The molecule has 104 valence electrons. The second-order valence-corrected chi connectivity index (χ2v) is 4.63. The molecule has 0 aromatic heterocycles. The summed E-state index contributed by atoms with van der Waals surface area (Å²) >= 11 is 0. The Morgan fingerprint density at radius 1 is 1.26 bits per heavy atom. The Hall–Kier alpha value is -2.04. The van der Waals surface area contributed by atoms with Crippen LogP contribution < -0.4 is 5.32 Å². The van der Waals surface area contributed by atoms with Gasteiger partial charge in [-0.2, -0.15) is 0 Å². The summed E-state index contributed by atoms with van der Waals surface area (Å²) in [4.78, 5) is 22.4. The number of hydrogen-bond acceptors (Lipinski definition) is 3. The molecule has 0 aliphatic rings. The highest BCUT2D eigenvalue weighted by molar-refractivity contribution is 5.72. The number of carbonyl (C=O) groups is 2. The Labute approximate surface area is 112 Å². The summed E-state index contributed by atoms with van der Waals surface area (Å²) in [5.74, 6) is -1.57. The number of carboxylic acid groups (broad SMARTS) is 1. The van der Waals surface area contributed by atoms with Crippen LogP contribution in [0.1, 0.15) is 19.4 Å². The molecule has 2 N–H and O–H groups in total. The second-order valence-electron chi connectivity index (χ2n) is 4.63. The lowest BCUT2D eigenvalue weighted by molar-refractivity contribution is -0.142. The van der Waals surface area contributed by atoms with E-state index in [0.717, 1.165) is 5.56 Å². The Morgan fingerprint density at radius 2 is 1.89 bits per heavy atom. The third-order valence-corrected chi connectivity index (χ3v) is 2.80. The fraction of sp³-hybridized carbons (Fsp3) is 0.429. The minimum atomic E-state index is -0.918. The summed E-state index contributed by atoms with van der Waals surface area (Å²) in [5.41, 5.74) is 0.885. The van der Waals surface area contributed by atoms with Crippen molar-refractivity contribution in [3.63, 3.8) is 0 Å². The first-order valence-corrected chi connectivity index (χ1v) is 6.18. The summed E-state index contributed by atoms with van der Waals surface area (Å²) in [5, 5.41) is 11.4.